The Kier molecular flexibility index (Phi) is 5.71. The van der Waals surface area contributed by atoms with E-state index < -0.39 is 4.92 Å². The molecule has 6 nitrogen and oxygen atoms in total. The molecule has 0 saturated heterocycles. The van der Waals surface area contributed by atoms with Crippen molar-refractivity contribution >= 4 is 11.4 Å². The zero-order valence-corrected chi connectivity index (χ0v) is 12.1. The number of nitrogens with one attached hydrogen (secondary N) is 1. The summed E-state index contributed by atoms with van der Waals surface area (Å²) in [5.41, 5.74) is 3.16. The fourth-order valence-electron chi connectivity index (χ4n) is 2.29. The molecular weight excluding hydrogens is 272 g/mol. The summed E-state index contributed by atoms with van der Waals surface area (Å²) in [6.45, 7) is 2.63. The normalized spacial score (nSPS) is 14.6. The van der Waals surface area contributed by atoms with Crippen LogP contribution in [0.1, 0.15) is 18.4 Å². The second-order valence-corrected chi connectivity index (χ2v) is 4.90. The van der Waals surface area contributed by atoms with E-state index in [0.717, 1.165) is 37.2 Å². The van der Waals surface area contributed by atoms with Crippen LogP contribution in [0.3, 0.4) is 0 Å². The van der Waals surface area contributed by atoms with Gasteiger partial charge in [-0.15, -0.1) is 0 Å². The first-order chi connectivity index (χ1) is 10.2. The Labute approximate surface area is 123 Å². The maximum atomic E-state index is 10.8. The van der Waals surface area contributed by atoms with Gasteiger partial charge in [-0.1, -0.05) is 11.6 Å². The van der Waals surface area contributed by atoms with E-state index in [1.54, 1.807) is 19.2 Å². The predicted octanol–water partition coefficient (Wildman–Crippen LogP) is 2.89. The van der Waals surface area contributed by atoms with E-state index in [1.165, 1.54) is 11.6 Å². The third-order valence-corrected chi connectivity index (χ3v) is 3.42. The van der Waals surface area contributed by atoms with E-state index in [-0.39, 0.29) is 5.69 Å². The van der Waals surface area contributed by atoms with Crippen molar-refractivity contribution in [3.63, 3.8) is 0 Å². The van der Waals surface area contributed by atoms with Gasteiger partial charge in [0.1, 0.15) is 0 Å². The minimum Gasteiger partial charge on any atom is -0.384 e. The molecule has 21 heavy (non-hydrogen) atoms. The zero-order valence-electron chi connectivity index (χ0n) is 12.1. The van der Waals surface area contributed by atoms with Gasteiger partial charge in [-0.25, -0.2) is 0 Å². The Morgan fingerprint density at radius 3 is 3.00 bits per heavy atom. The molecule has 0 radical (unpaired) electrons. The summed E-state index contributed by atoms with van der Waals surface area (Å²) in [4.78, 5) is 10.4. The molecule has 1 aromatic carbocycles. The van der Waals surface area contributed by atoms with E-state index in [9.17, 15) is 10.1 Å². The van der Waals surface area contributed by atoms with Crippen molar-refractivity contribution in [3.05, 3.63) is 45.5 Å². The lowest BCUT2D eigenvalue weighted by Crippen LogP contribution is -2.10. The lowest BCUT2D eigenvalue weighted by atomic mass is 10.1. The summed E-state index contributed by atoms with van der Waals surface area (Å²) in [7, 11) is 1.58. The molecular formula is C15H20N2O4. The summed E-state index contributed by atoms with van der Waals surface area (Å²) in [6.07, 6.45) is 4.05. The van der Waals surface area contributed by atoms with Crippen LogP contribution in [0.4, 0.5) is 11.4 Å². The third-order valence-electron chi connectivity index (χ3n) is 3.42. The molecule has 0 amide bonds. The Balaban J connectivity index is 1.97. The molecule has 0 aromatic heterocycles. The van der Waals surface area contributed by atoms with Gasteiger partial charge in [0.25, 0.3) is 5.69 Å². The average molecular weight is 292 g/mol. The monoisotopic (exact) mass is 292 g/mol. The van der Waals surface area contributed by atoms with Crippen LogP contribution in [0, 0.1) is 10.1 Å². The van der Waals surface area contributed by atoms with Gasteiger partial charge in [0.05, 0.1) is 24.7 Å². The van der Waals surface area contributed by atoms with Gasteiger partial charge in [0.2, 0.25) is 0 Å². The lowest BCUT2D eigenvalue weighted by Gasteiger charge is -2.15. The van der Waals surface area contributed by atoms with Crippen LogP contribution >= 0.6 is 0 Å². The molecule has 114 valence electrons. The summed E-state index contributed by atoms with van der Waals surface area (Å²) in [6, 6.07) is 4.81. The van der Waals surface area contributed by atoms with Crippen molar-refractivity contribution in [3.8, 4) is 0 Å². The van der Waals surface area contributed by atoms with E-state index in [2.05, 4.69) is 11.4 Å². The van der Waals surface area contributed by atoms with Crippen molar-refractivity contribution in [2.75, 3.05) is 32.2 Å². The molecule has 0 atom stereocenters. The molecule has 0 saturated carbocycles. The highest BCUT2D eigenvalue weighted by molar-refractivity contribution is 5.55. The van der Waals surface area contributed by atoms with Gasteiger partial charge in [-0.3, -0.25) is 10.1 Å². The number of hydrogen-bond donors (Lipinski definition) is 1. The zero-order chi connectivity index (χ0) is 15.1. The van der Waals surface area contributed by atoms with Crippen LogP contribution in [0.2, 0.25) is 0 Å². The van der Waals surface area contributed by atoms with Crippen molar-refractivity contribution in [1.82, 2.24) is 0 Å². The lowest BCUT2D eigenvalue weighted by molar-refractivity contribution is -0.384. The second-order valence-electron chi connectivity index (χ2n) is 4.90. The molecule has 1 N–H and O–H groups in total. The van der Waals surface area contributed by atoms with Crippen molar-refractivity contribution in [2.24, 2.45) is 0 Å². The van der Waals surface area contributed by atoms with Gasteiger partial charge in [0, 0.05) is 37.0 Å². The molecule has 1 aromatic rings. The van der Waals surface area contributed by atoms with E-state index in [1.807, 2.05) is 0 Å². The summed E-state index contributed by atoms with van der Waals surface area (Å²) >= 11 is 0. The van der Waals surface area contributed by atoms with Crippen LogP contribution in [0.25, 0.3) is 0 Å². The third kappa shape index (κ3) is 4.54. The number of ether oxygens (including phenoxy) is 2. The Morgan fingerprint density at radius 2 is 2.33 bits per heavy atom. The minimum absolute atomic E-state index is 0.0831. The standard InChI is InChI=1S/C15H20N2O4/c1-20-11-13-10-14(17(18)19)2-3-15(13)16-7-4-12-5-8-21-9-6-12/h2-3,5,10,16H,4,6-9,11H2,1H3. The molecule has 0 fully saturated rings. The minimum atomic E-state index is -0.393. The molecule has 1 heterocycles. The number of hydrogen-bond acceptors (Lipinski definition) is 5. The van der Waals surface area contributed by atoms with Crippen LogP contribution in [-0.4, -0.2) is 31.8 Å². The van der Waals surface area contributed by atoms with Gasteiger partial charge < -0.3 is 14.8 Å². The maximum Gasteiger partial charge on any atom is 0.269 e. The average Bonchev–Trinajstić information content (AvgIpc) is 2.50. The summed E-state index contributed by atoms with van der Waals surface area (Å²) < 4.78 is 10.4. The Hall–Kier alpha value is -1.92. The van der Waals surface area contributed by atoms with E-state index >= 15 is 0 Å². The van der Waals surface area contributed by atoms with Crippen molar-refractivity contribution in [1.29, 1.82) is 0 Å². The molecule has 0 bridgehead atoms. The highest BCUT2D eigenvalue weighted by Crippen LogP contribution is 2.23. The number of nitro benzene ring substituents is 1. The smallest absolute Gasteiger partial charge is 0.269 e. The topological polar surface area (TPSA) is 73.6 Å². The molecule has 0 aliphatic carbocycles. The number of methoxy groups -OCH3 is 1. The maximum absolute atomic E-state index is 10.8. The van der Waals surface area contributed by atoms with Crippen LogP contribution in [0.5, 0.6) is 0 Å². The summed E-state index contributed by atoms with van der Waals surface area (Å²) in [5, 5.41) is 14.1. The first kappa shape index (κ1) is 15.5. The van der Waals surface area contributed by atoms with Gasteiger partial charge in [-0.2, -0.15) is 0 Å². The molecule has 0 spiro atoms. The SMILES string of the molecule is COCc1cc([N+](=O)[O-])ccc1NCCC1=CCOCC1. The van der Waals surface area contributed by atoms with Crippen molar-refractivity contribution in [2.45, 2.75) is 19.4 Å². The Morgan fingerprint density at radius 1 is 1.48 bits per heavy atom. The second kappa shape index (κ2) is 7.75. The molecule has 1 aliphatic rings. The summed E-state index contributed by atoms with van der Waals surface area (Å²) in [5.74, 6) is 0. The van der Waals surface area contributed by atoms with Crippen LogP contribution in [-0.2, 0) is 16.1 Å². The molecule has 1 aliphatic heterocycles. The number of benzene rings is 1. The highest BCUT2D eigenvalue weighted by atomic mass is 16.6. The number of nitrogens with zero attached hydrogens (tertiary/aromatic N) is 1. The first-order valence-corrected chi connectivity index (χ1v) is 6.96. The number of nitro groups is 1. The quantitative estimate of drug-likeness (QED) is 0.475. The van der Waals surface area contributed by atoms with Gasteiger partial charge in [-0.05, 0) is 18.9 Å². The van der Waals surface area contributed by atoms with E-state index in [0.29, 0.717) is 13.2 Å². The van der Waals surface area contributed by atoms with Gasteiger partial charge in [0.15, 0.2) is 0 Å². The number of non-ortho nitro benzene ring substituents is 1. The van der Waals surface area contributed by atoms with Crippen LogP contribution in [0.15, 0.2) is 29.8 Å². The Bertz CT molecular complexity index is 528. The molecule has 2 rings (SSSR count). The predicted molar refractivity (Wildman–Crippen MR) is 80.4 cm³/mol. The molecule has 0 unspecified atom stereocenters. The molecule has 6 heteroatoms. The van der Waals surface area contributed by atoms with E-state index in [4.69, 9.17) is 9.47 Å². The fourth-order valence-corrected chi connectivity index (χ4v) is 2.29. The van der Waals surface area contributed by atoms with Gasteiger partial charge >= 0.3 is 0 Å². The van der Waals surface area contributed by atoms with Crippen LogP contribution < -0.4 is 5.32 Å². The number of rotatable bonds is 7. The number of anilines is 1. The first-order valence-electron chi connectivity index (χ1n) is 6.96. The largest absolute Gasteiger partial charge is 0.384 e. The van der Waals surface area contributed by atoms with Crippen molar-refractivity contribution < 1.29 is 14.4 Å². The highest BCUT2D eigenvalue weighted by Gasteiger charge is 2.11. The fraction of sp³-hybridized carbons (Fsp3) is 0.467.